The Bertz CT molecular complexity index is 1460. The molecule has 1 saturated heterocycles. The SMILES string of the molecule is COc1cc(CCN2CCN(CCCCOc3ccccc3C3(C(C)C)Cc4ccccc4N(C)C3=O)CC2)cc(OC)c1OC.Cl.Cl. The quantitative estimate of drug-likeness (QED) is 0.174. The van der Waals surface area contributed by atoms with Crippen molar-refractivity contribution in [3.63, 3.8) is 0 Å². The number of methoxy groups -OCH3 is 3. The molecule has 3 aromatic carbocycles. The predicted molar refractivity (Wildman–Crippen MR) is 198 cm³/mol. The highest BCUT2D eigenvalue weighted by Gasteiger charge is 2.50. The lowest BCUT2D eigenvalue weighted by Crippen LogP contribution is -2.53. The number of amides is 1. The van der Waals surface area contributed by atoms with Crippen molar-refractivity contribution in [3.8, 4) is 23.0 Å². The molecule has 2 aliphatic heterocycles. The lowest BCUT2D eigenvalue weighted by molar-refractivity contribution is -0.126. The Labute approximate surface area is 299 Å². The number of anilines is 1. The first-order valence-electron chi connectivity index (χ1n) is 16.6. The van der Waals surface area contributed by atoms with Crippen molar-refractivity contribution in [2.75, 3.05) is 79.2 Å². The van der Waals surface area contributed by atoms with Crippen LogP contribution in [0, 0.1) is 5.92 Å². The summed E-state index contributed by atoms with van der Waals surface area (Å²) in [6, 6.07) is 20.5. The summed E-state index contributed by atoms with van der Waals surface area (Å²) in [7, 11) is 6.85. The Morgan fingerprint density at radius 1 is 0.771 bits per heavy atom. The van der Waals surface area contributed by atoms with Gasteiger partial charge < -0.3 is 33.6 Å². The first kappa shape index (κ1) is 39.3. The fourth-order valence-electron chi connectivity index (χ4n) is 7.13. The molecule has 264 valence electrons. The van der Waals surface area contributed by atoms with Crippen LogP contribution in [0.3, 0.4) is 0 Å². The average molecular weight is 703 g/mol. The van der Waals surface area contributed by atoms with Crippen LogP contribution in [0.25, 0.3) is 0 Å². The molecule has 0 aromatic heterocycles. The number of benzene rings is 3. The van der Waals surface area contributed by atoms with Crippen LogP contribution in [0.15, 0.2) is 60.7 Å². The molecule has 0 saturated carbocycles. The highest BCUT2D eigenvalue weighted by Crippen LogP contribution is 2.47. The number of hydrogen-bond acceptors (Lipinski definition) is 7. The molecule has 48 heavy (non-hydrogen) atoms. The number of hydrogen-bond donors (Lipinski definition) is 0. The highest BCUT2D eigenvalue weighted by molar-refractivity contribution is 6.04. The summed E-state index contributed by atoms with van der Waals surface area (Å²) in [6.07, 6.45) is 3.67. The van der Waals surface area contributed by atoms with Crippen molar-refractivity contribution in [1.82, 2.24) is 9.80 Å². The third kappa shape index (κ3) is 8.33. The number of unbranched alkanes of at least 4 members (excludes halogenated alkanes) is 1. The summed E-state index contributed by atoms with van der Waals surface area (Å²) in [6.45, 7) is 11.3. The van der Waals surface area contributed by atoms with Crippen molar-refractivity contribution in [2.45, 2.75) is 44.9 Å². The minimum absolute atomic E-state index is 0. The molecule has 1 fully saturated rings. The maximum Gasteiger partial charge on any atom is 0.238 e. The van der Waals surface area contributed by atoms with Gasteiger partial charge in [-0.1, -0.05) is 50.2 Å². The van der Waals surface area contributed by atoms with E-state index in [-0.39, 0.29) is 36.6 Å². The van der Waals surface area contributed by atoms with Crippen LogP contribution in [-0.2, 0) is 23.1 Å². The zero-order chi connectivity index (χ0) is 32.7. The number of rotatable bonds is 14. The maximum atomic E-state index is 14.0. The van der Waals surface area contributed by atoms with Crippen molar-refractivity contribution in [2.24, 2.45) is 5.92 Å². The zero-order valence-corrected chi connectivity index (χ0v) is 31.0. The van der Waals surface area contributed by atoms with Gasteiger partial charge in [-0.2, -0.15) is 0 Å². The molecule has 3 aromatic rings. The number of ether oxygens (including phenoxy) is 4. The molecule has 0 bridgehead atoms. The van der Waals surface area contributed by atoms with Crippen LogP contribution >= 0.6 is 24.8 Å². The topological polar surface area (TPSA) is 63.7 Å². The van der Waals surface area contributed by atoms with E-state index in [4.69, 9.17) is 18.9 Å². The van der Waals surface area contributed by atoms with E-state index < -0.39 is 5.41 Å². The number of halogens is 2. The Balaban J connectivity index is 0.00000312. The molecule has 1 unspecified atom stereocenters. The van der Waals surface area contributed by atoms with Gasteiger partial charge >= 0.3 is 0 Å². The number of fused-ring (bicyclic) bond motifs is 1. The summed E-state index contributed by atoms with van der Waals surface area (Å²) in [5.74, 6) is 3.12. The van der Waals surface area contributed by atoms with Gasteiger partial charge in [-0.15, -0.1) is 24.8 Å². The molecular formula is C38H53Cl2N3O5. The summed E-state index contributed by atoms with van der Waals surface area (Å²) in [5.41, 5.74) is 3.72. The number of para-hydroxylation sites is 2. The molecule has 0 spiro atoms. The van der Waals surface area contributed by atoms with Crippen molar-refractivity contribution in [1.29, 1.82) is 0 Å². The minimum Gasteiger partial charge on any atom is -0.493 e. The fourth-order valence-corrected chi connectivity index (χ4v) is 7.13. The number of carbonyl (C=O) groups is 1. The monoisotopic (exact) mass is 701 g/mol. The molecule has 10 heteroatoms. The standard InChI is InChI=1S/C38H51N3O5.2ClH/c1-28(2)38(27-30-13-7-9-15-32(30)39(3)37(38)42)31-14-8-10-16-33(31)46-24-12-11-18-40-20-22-41(23-21-40)19-17-29-25-34(43-4)36(45-6)35(26-29)44-5;;/h7-10,13-16,25-26,28H,11-12,17-24,27H2,1-6H3;2*1H. The molecule has 1 amide bonds. The van der Waals surface area contributed by atoms with E-state index in [2.05, 4.69) is 41.8 Å². The molecule has 2 heterocycles. The number of nitrogens with zero attached hydrogens (tertiary/aromatic N) is 3. The Hall–Kier alpha value is -3.17. The van der Waals surface area contributed by atoms with E-state index in [0.717, 1.165) is 75.5 Å². The predicted octanol–water partition coefficient (Wildman–Crippen LogP) is 6.69. The third-order valence-corrected chi connectivity index (χ3v) is 9.89. The first-order chi connectivity index (χ1) is 22.3. The van der Waals surface area contributed by atoms with Gasteiger partial charge in [0.25, 0.3) is 0 Å². The van der Waals surface area contributed by atoms with Gasteiger partial charge in [0, 0.05) is 51.0 Å². The lowest BCUT2D eigenvalue weighted by Gasteiger charge is -2.44. The molecular weight excluding hydrogens is 649 g/mol. The highest BCUT2D eigenvalue weighted by atomic mass is 35.5. The first-order valence-corrected chi connectivity index (χ1v) is 16.6. The van der Waals surface area contributed by atoms with E-state index in [9.17, 15) is 4.79 Å². The van der Waals surface area contributed by atoms with Gasteiger partial charge in [-0.3, -0.25) is 4.79 Å². The van der Waals surface area contributed by atoms with Crippen LogP contribution in [0.1, 0.15) is 43.4 Å². The fraction of sp³-hybridized carbons (Fsp3) is 0.500. The van der Waals surface area contributed by atoms with E-state index in [0.29, 0.717) is 30.3 Å². The molecule has 1 atom stereocenters. The van der Waals surface area contributed by atoms with E-state index in [1.54, 1.807) is 21.3 Å². The molecule has 2 aliphatic rings. The van der Waals surface area contributed by atoms with Crippen molar-refractivity contribution >= 4 is 36.4 Å². The Morgan fingerprint density at radius 2 is 1.38 bits per heavy atom. The lowest BCUT2D eigenvalue weighted by atomic mass is 9.64. The number of likely N-dealkylation sites (N-methyl/N-ethyl adjacent to an activating group) is 1. The van der Waals surface area contributed by atoms with Crippen molar-refractivity contribution in [3.05, 3.63) is 77.4 Å². The van der Waals surface area contributed by atoms with Gasteiger partial charge in [-0.25, -0.2) is 0 Å². The van der Waals surface area contributed by atoms with Crippen LogP contribution in [0.2, 0.25) is 0 Å². The summed E-state index contributed by atoms with van der Waals surface area (Å²) < 4.78 is 23.0. The second kappa shape index (κ2) is 18.0. The third-order valence-electron chi connectivity index (χ3n) is 9.89. The van der Waals surface area contributed by atoms with Gasteiger partial charge in [0.05, 0.1) is 33.4 Å². The molecule has 5 rings (SSSR count). The van der Waals surface area contributed by atoms with Gasteiger partial charge in [0.1, 0.15) is 5.75 Å². The summed E-state index contributed by atoms with van der Waals surface area (Å²) in [4.78, 5) is 20.9. The van der Waals surface area contributed by atoms with Gasteiger partial charge in [0.2, 0.25) is 11.7 Å². The van der Waals surface area contributed by atoms with Gasteiger partial charge in [0.15, 0.2) is 11.5 Å². The smallest absolute Gasteiger partial charge is 0.238 e. The van der Waals surface area contributed by atoms with E-state index >= 15 is 0 Å². The summed E-state index contributed by atoms with van der Waals surface area (Å²) >= 11 is 0. The maximum absolute atomic E-state index is 14.0. The molecule has 0 aliphatic carbocycles. The Kier molecular flexibility index (Phi) is 14.7. The second-order valence-electron chi connectivity index (χ2n) is 12.8. The van der Waals surface area contributed by atoms with Crippen LogP contribution < -0.4 is 23.8 Å². The average Bonchev–Trinajstić information content (AvgIpc) is 3.08. The number of carbonyl (C=O) groups excluding carboxylic acids is 1. The van der Waals surface area contributed by atoms with E-state index in [1.165, 1.54) is 11.1 Å². The van der Waals surface area contributed by atoms with Crippen LogP contribution in [0.4, 0.5) is 5.69 Å². The van der Waals surface area contributed by atoms with Crippen LogP contribution in [-0.4, -0.2) is 90.0 Å². The summed E-state index contributed by atoms with van der Waals surface area (Å²) in [5, 5.41) is 0. The normalized spacial score (nSPS) is 18.1. The minimum atomic E-state index is -0.662. The van der Waals surface area contributed by atoms with Crippen LogP contribution in [0.5, 0.6) is 23.0 Å². The Morgan fingerprint density at radius 3 is 2.00 bits per heavy atom. The second-order valence-corrected chi connectivity index (χ2v) is 12.8. The largest absolute Gasteiger partial charge is 0.493 e. The zero-order valence-electron chi connectivity index (χ0n) is 29.3. The van der Waals surface area contributed by atoms with Crippen molar-refractivity contribution < 1.29 is 23.7 Å². The molecule has 8 nitrogen and oxygen atoms in total. The molecule has 0 radical (unpaired) electrons. The van der Waals surface area contributed by atoms with Gasteiger partial charge in [-0.05, 0) is 73.5 Å². The number of piperazine rings is 1. The molecule has 0 N–H and O–H groups in total. The van der Waals surface area contributed by atoms with E-state index in [1.807, 2.05) is 54.4 Å².